The van der Waals surface area contributed by atoms with Gasteiger partial charge in [0.05, 0.1) is 5.69 Å². The molecule has 0 fully saturated rings. The fourth-order valence-electron chi connectivity index (χ4n) is 4.59. The molecule has 0 radical (unpaired) electrons. The largest absolute Gasteiger partial charge is 0.456 e. The number of rotatable bonds is 3. The lowest BCUT2D eigenvalue weighted by Gasteiger charge is -2.26. The van der Waals surface area contributed by atoms with E-state index in [2.05, 4.69) is 105 Å². The maximum absolute atomic E-state index is 6.17. The van der Waals surface area contributed by atoms with Crippen molar-refractivity contribution in [3.8, 4) is 11.3 Å². The van der Waals surface area contributed by atoms with E-state index in [0.29, 0.717) is 0 Å². The first kappa shape index (κ1) is 18.8. The van der Waals surface area contributed by atoms with E-state index in [1.165, 1.54) is 16.5 Å². The zero-order chi connectivity index (χ0) is 21.7. The van der Waals surface area contributed by atoms with Gasteiger partial charge in [0.15, 0.2) is 0 Å². The van der Waals surface area contributed by atoms with Gasteiger partial charge in [0.25, 0.3) is 0 Å². The summed E-state index contributed by atoms with van der Waals surface area (Å²) in [4.78, 5) is 4.71. The second-order valence-electron chi connectivity index (χ2n) is 8.93. The predicted molar refractivity (Wildman–Crippen MR) is 133 cm³/mol. The third-order valence-electron chi connectivity index (χ3n) is 6.61. The van der Waals surface area contributed by atoms with Crippen molar-refractivity contribution in [3.05, 3.63) is 114 Å². The van der Waals surface area contributed by atoms with Gasteiger partial charge in [-0.1, -0.05) is 74.5 Å². The van der Waals surface area contributed by atoms with Gasteiger partial charge in [-0.3, -0.25) is 4.98 Å². The van der Waals surface area contributed by atoms with Crippen LogP contribution in [0.25, 0.3) is 44.0 Å². The number of benzene rings is 4. The molecule has 0 saturated heterocycles. The number of hydrogen-bond donors (Lipinski definition) is 0. The van der Waals surface area contributed by atoms with Crippen molar-refractivity contribution >= 4 is 32.7 Å². The van der Waals surface area contributed by atoms with Gasteiger partial charge in [-0.25, -0.2) is 0 Å². The summed E-state index contributed by atoms with van der Waals surface area (Å²) in [7, 11) is 0. The molecule has 0 N–H and O–H groups in total. The standard InChI is InChI=1S/C30H23NO/c1-30(2,23-10-4-3-5-11-23)24-13-15-29-26(18-24)25-16-21(12-14-28(25)32-29)27-17-20-8-6-7-9-22(20)19-31-27/h3-19H,1-2H3. The van der Waals surface area contributed by atoms with Crippen molar-refractivity contribution in [2.45, 2.75) is 19.3 Å². The molecule has 6 rings (SSSR count). The highest BCUT2D eigenvalue weighted by atomic mass is 16.3. The van der Waals surface area contributed by atoms with Crippen LogP contribution in [0.1, 0.15) is 25.0 Å². The van der Waals surface area contributed by atoms with Crippen LogP contribution in [-0.4, -0.2) is 4.98 Å². The van der Waals surface area contributed by atoms with E-state index in [1.54, 1.807) is 0 Å². The lowest BCUT2D eigenvalue weighted by Crippen LogP contribution is -2.18. The Labute approximate surface area is 187 Å². The van der Waals surface area contributed by atoms with Gasteiger partial charge in [0.1, 0.15) is 11.2 Å². The summed E-state index contributed by atoms with van der Waals surface area (Å²) in [5.74, 6) is 0. The van der Waals surface area contributed by atoms with E-state index in [-0.39, 0.29) is 5.41 Å². The molecule has 154 valence electrons. The van der Waals surface area contributed by atoms with Crippen molar-refractivity contribution in [2.75, 3.05) is 0 Å². The second kappa shape index (κ2) is 7.06. The zero-order valence-electron chi connectivity index (χ0n) is 18.2. The van der Waals surface area contributed by atoms with Crippen LogP contribution in [0.5, 0.6) is 0 Å². The molecule has 4 aromatic carbocycles. The Morgan fingerprint density at radius 3 is 2.12 bits per heavy atom. The van der Waals surface area contributed by atoms with Gasteiger partial charge < -0.3 is 4.42 Å². The van der Waals surface area contributed by atoms with E-state index >= 15 is 0 Å². The highest BCUT2D eigenvalue weighted by molar-refractivity contribution is 6.06. The molecule has 6 aromatic rings. The summed E-state index contributed by atoms with van der Waals surface area (Å²) in [5.41, 5.74) is 6.35. The van der Waals surface area contributed by atoms with Crippen molar-refractivity contribution in [1.29, 1.82) is 0 Å². The number of hydrogen-bond acceptors (Lipinski definition) is 2. The lowest BCUT2D eigenvalue weighted by atomic mass is 9.78. The highest BCUT2D eigenvalue weighted by Gasteiger charge is 2.24. The molecular weight excluding hydrogens is 390 g/mol. The Balaban J connectivity index is 1.51. The van der Waals surface area contributed by atoms with Crippen LogP contribution in [0.3, 0.4) is 0 Å². The lowest BCUT2D eigenvalue weighted by molar-refractivity contribution is 0.639. The van der Waals surface area contributed by atoms with Gasteiger partial charge in [0, 0.05) is 33.3 Å². The summed E-state index contributed by atoms with van der Waals surface area (Å²) < 4.78 is 6.17. The number of nitrogens with zero attached hydrogens (tertiary/aromatic N) is 1. The van der Waals surface area contributed by atoms with Gasteiger partial charge in [-0.15, -0.1) is 0 Å². The second-order valence-corrected chi connectivity index (χ2v) is 8.93. The van der Waals surface area contributed by atoms with Gasteiger partial charge >= 0.3 is 0 Å². The van der Waals surface area contributed by atoms with Gasteiger partial charge in [0.2, 0.25) is 0 Å². The van der Waals surface area contributed by atoms with Crippen molar-refractivity contribution in [3.63, 3.8) is 0 Å². The van der Waals surface area contributed by atoms with E-state index in [0.717, 1.165) is 38.6 Å². The molecule has 0 atom stereocenters. The van der Waals surface area contributed by atoms with Gasteiger partial charge in [-0.2, -0.15) is 0 Å². The van der Waals surface area contributed by atoms with Crippen LogP contribution in [0.4, 0.5) is 0 Å². The summed E-state index contributed by atoms with van der Waals surface area (Å²) in [6.45, 7) is 4.55. The van der Waals surface area contributed by atoms with E-state index in [1.807, 2.05) is 12.3 Å². The smallest absolute Gasteiger partial charge is 0.135 e. The number of pyridine rings is 1. The SMILES string of the molecule is CC(C)(c1ccccc1)c1ccc2oc3ccc(-c4cc5ccccc5cn4)cc3c2c1. The normalized spacial score (nSPS) is 12.1. The average Bonchev–Trinajstić information content (AvgIpc) is 3.21. The topological polar surface area (TPSA) is 26.0 Å². The highest BCUT2D eigenvalue weighted by Crippen LogP contribution is 2.37. The molecule has 0 unspecified atom stereocenters. The summed E-state index contributed by atoms with van der Waals surface area (Å²) in [6, 6.07) is 34.1. The first-order chi connectivity index (χ1) is 15.6. The molecule has 2 aromatic heterocycles. The molecule has 0 saturated carbocycles. The molecule has 2 heterocycles. The van der Waals surface area contributed by atoms with Crippen LogP contribution in [0.2, 0.25) is 0 Å². The summed E-state index contributed by atoms with van der Waals surface area (Å²) >= 11 is 0. The fraction of sp³-hybridized carbons (Fsp3) is 0.100. The van der Waals surface area contributed by atoms with Crippen LogP contribution < -0.4 is 0 Å². The summed E-state index contributed by atoms with van der Waals surface area (Å²) in [6.07, 6.45) is 1.95. The van der Waals surface area contributed by atoms with E-state index in [4.69, 9.17) is 9.40 Å². The maximum Gasteiger partial charge on any atom is 0.135 e. The van der Waals surface area contributed by atoms with Gasteiger partial charge in [-0.05, 0) is 52.9 Å². The number of furan rings is 1. The molecule has 0 aliphatic rings. The number of fused-ring (bicyclic) bond motifs is 4. The first-order valence-electron chi connectivity index (χ1n) is 11.0. The molecular formula is C30H23NO. The minimum Gasteiger partial charge on any atom is -0.456 e. The molecule has 0 amide bonds. The van der Waals surface area contributed by atoms with Crippen LogP contribution in [0, 0.1) is 0 Å². The Kier molecular flexibility index (Phi) is 4.16. The van der Waals surface area contributed by atoms with Crippen molar-refractivity contribution < 1.29 is 4.42 Å². The van der Waals surface area contributed by atoms with Crippen LogP contribution in [-0.2, 0) is 5.41 Å². The van der Waals surface area contributed by atoms with E-state index < -0.39 is 0 Å². The third-order valence-corrected chi connectivity index (χ3v) is 6.61. The van der Waals surface area contributed by atoms with E-state index in [9.17, 15) is 0 Å². The molecule has 0 bridgehead atoms. The zero-order valence-corrected chi connectivity index (χ0v) is 18.2. The summed E-state index contributed by atoms with van der Waals surface area (Å²) in [5, 5.41) is 4.61. The quantitative estimate of drug-likeness (QED) is 0.293. The Morgan fingerprint density at radius 1 is 0.625 bits per heavy atom. The molecule has 2 nitrogen and oxygen atoms in total. The maximum atomic E-state index is 6.17. The monoisotopic (exact) mass is 413 g/mol. The first-order valence-corrected chi connectivity index (χ1v) is 11.0. The van der Waals surface area contributed by atoms with Crippen LogP contribution >= 0.6 is 0 Å². The minimum atomic E-state index is -0.101. The molecule has 0 aliphatic carbocycles. The Hall–Kier alpha value is -3.91. The fourth-order valence-corrected chi connectivity index (χ4v) is 4.59. The molecule has 0 aliphatic heterocycles. The Bertz CT molecular complexity index is 1590. The third kappa shape index (κ3) is 2.99. The molecule has 32 heavy (non-hydrogen) atoms. The predicted octanol–water partition coefficient (Wildman–Crippen LogP) is 8.13. The Morgan fingerprint density at radius 2 is 1.31 bits per heavy atom. The molecule has 2 heteroatoms. The average molecular weight is 414 g/mol. The molecule has 0 spiro atoms. The number of aromatic nitrogens is 1. The van der Waals surface area contributed by atoms with Crippen molar-refractivity contribution in [2.24, 2.45) is 0 Å². The minimum absolute atomic E-state index is 0.101. The van der Waals surface area contributed by atoms with Crippen molar-refractivity contribution in [1.82, 2.24) is 4.98 Å². The van der Waals surface area contributed by atoms with Crippen LogP contribution in [0.15, 0.2) is 108 Å².